The van der Waals surface area contributed by atoms with Crippen LogP contribution in [0.4, 0.5) is 0 Å². The smallest absolute Gasteiger partial charge is 0.220 e. The van der Waals surface area contributed by atoms with Crippen LogP contribution in [0.2, 0.25) is 0 Å². The van der Waals surface area contributed by atoms with Crippen LogP contribution in [0.1, 0.15) is 18.9 Å². The standard InChI is InChI=1S/C19H27N3O2/c1-15(22-9-11-24-12-10-22)13-20-19(23)8-7-16-14-21(2)18-6-4-3-5-17(16)18/h3-6,14-15H,7-13H2,1-2H3,(H,20,23). The van der Waals surface area contributed by atoms with E-state index in [4.69, 9.17) is 4.74 Å². The van der Waals surface area contributed by atoms with Crippen LogP contribution < -0.4 is 5.32 Å². The molecule has 0 radical (unpaired) electrons. The van der Waals surface area contributed by atoms with Gasteiger partial charge in [-0.1, -0.05) is 18.2 Å². The van der Waals surface area contributed by atoms with Gasteiger partial charge in [-0.2, -0.15) is 0 Å². The van der Waals surface area contributed by atoms with Crippen molar-refractivity contribution in [3.05, 3.63) is 36.0 Å². The number of rotatable bonds is 6. The molecule has 1 saturated heterocycles. The Balaban J connectivity index is 1.48. The summed E-state index contributed by atoms with van der Waals surface area (Å²) < 4.78 is 7.50. The Morgan fingerprint density at radius 3 is 2.83 bits per heavy atom. The third kappa shape index (κ3) is 3.97. The Bertz CT molecular complexity index is 689. The number of nitrogens with zero attached hydrogens (tertiary/aromatic N) is 2. The van der Waals surface area contributed by atoms with Gasteiger partial charge in [0.2, 0.25) is 5.91 Å². The molecule has 1 atom stereocenters. The number of aromatic nitrogens is 1. The summed E-state index contributed by atoms with van der Waals surface area (Å²) in [5, 5.41) is 4.32. The predicted molar refractivity (Wildman–Crippen MR) is 96.1 cm³/mol. The summed E-state index contributed by atoms with van der Waals surface area (Å²) in [7, 11) is 2.05. The molecule has 1 aliphatic rings. The van der Waals surface area contributed by atoms with Crippen LogP contribution in [-0.2, 0) is 23.0 Å². The van der Waals surface area contributed by atoms with Crippen molar-refractivity contribution in [2.24, 2.45) is 7.05 Å². The summed E-state index contributed by atoms with van der Waals surface area (Å²) in [5.74, 6) is 0.128. The van der Waals surface area contributed by atoms with Gasteiger partial charge in [-0.25, -0.2) is 0 Å². The molecule has 1 aliphatic heterocycles. The van der Waals surface area contributed by atoms with E-state index in [1.54, 1.807) is 0 Å². The number of ether oxygens (including phenoxy) is 1. The van der Waals surface area contributed by atoms with Crippen molar-refractivity contribution in [3.63, 3.8) is 0 Å². The van der Waals surface area contributed by atoms with Crippen molar-refractivity contribution in [1.29, 1.82) is 0 Å². The average molecular weight is 329 g/mol. The van der Waals surface area contributed by atoms with Crippen molar-refractivity contribution >= 4 is 16.8 Å². The van der Waals surface area contributed by atoms with Crippen molar-refractivity contribution < 1.29 is 9.53 Å². The third-order valence-corrected chi connectivity index (χ3v) is 4.86. The first-order chi connectivity index (χ1) is 11.6. The molecule has 2 heterocycles. The molecular weight excluding hydrogens is 302 g/mol. The fourth-order valence-electron chi connectivity index (χ4n) is 3.37. The molecule has 1 fully saturated rings. The number of amides is 1. The maximum Gasteiger partial charge on any atom is 0.220 e. The van der Waals surface area contributed by atoms with E-state index in [9.17, 15) is 4.79 Å². The van der Waals surface area contributed by atoms with Crippen molar-refractivity contribution in [3.8, 4) is 0 Å². The molecule has 3 rings (SSSR count). The van der Waals surface area contributed by atoms with Gasteiger partial charge in [0, 0.05) is 56.2 Å². The minimum Gasteiger partial charge on any atom is -0.379 e. The van der Waals surface area contributed by atoms with E-state index in [0.29, 0.717) is 19.0 Å². The van der Waals surface area contributed by atoms with Crippen LogP contribution in [0.25, 0.3) is 10.9 Å². The number of fused-ring (bicyclic) bond motifs is 1. The molecule has 0 saturated carbocycles. The maximum absolute atomic E-state index is 12.2. The number of carbonyl (C=O) groups excluding carboxylic acids is 1. The molecule has 5 nitrogen and oxygen atoms in total. The molecule has 130 valence electrons. The van der Waals surface area contributed by atoms with Crippen LogP contribution in [0.3, 0.4) is 0 Å². The Morgan fingerprint density at radius 2 is 2.04 bits per heavy atom. The third-order valence-electron chi connectivity index (χ3n) is 4.86. The zero-order valence-corrected chi connectivity index (χ0v) is 14.6. The van der Waals surface area contributed by atoms with Gasteiger partial charge in [-0.15, -0.1) is 0 Å². The summed E-state index contributed by atoms with van der Waals surface area (Å²) in [6, 6.07) is 8.70. The Kier molecular flexibility index (Phi) is 5.53. The first-order valence-electron chi connectivity index (χ1n) is 8.76. The largest absolute Gasteiger partial charge is 0.379 e. The first-order valence-corrected chi connectivity index (χ1v) is 8.76. The van der Waals surface area contributed by atoms with E-state index in [-0.39, 0.29) is 5.91 Å². The molecule has 0 bridgehead atoms. The Labute approximate surface area is 143 Å². The summed E-state index contributed by atoms with van der Waals surface area (Å²) in [6.07, 6.45) is 3.44. The molecule has 0 spiro atoms. The van der Waals surface area contributed by atoms with Gasteiger partial charge in [-0.05, 0) is 25.0 Å². The minimum atomic E-state index is 0.128. The topological polar surface area (TPSA) is 46.5 Å². The number of benzene rings is 1. The van der Waals surface area contributed by atoms with E-state index >= 15 is 0 Å². The van der Waals surface area contributed by atoms with Gasteiger partial charge < -0.3 is 14.6 Å². The van der Waals surface area contributed by atoms with Crippen LogP contribution >= 0.6 is 0 Å². The van der Waals surface area contributed by atoms with E-state index in [0.717, 1.165) is 32.7 Å². The number of carbonyl (C=O) groups is 1. The maximum atomic E-state index is 12.2. The molecule has 1 N–H and O–H groups in total. The molecule has 1 aromatic carbocycles. The fourth-order valence-corrected chi connectivity index (χ4v) is 3.37. The number of nitrogens with one attached hydrogen (secondary N) is 1. The first kappa shape index (κ1) is 17.0. The van der Waals surface area contributed by atoms with E-state index in [1.165, 1.54) is 16.5 Å². The number of hydrogen-bond acceptors (Lipinski definition) is 3. The van der Waals surface area contributed by atoms with Crippen LogP contribution in [-0.4, -0.2) is 54.3 Å². The van der Waals surface area contributed by atoms with Gasteiger partial charge >= 0.3 is 0 Å². The van der Waals surface area contributed by atoms with Gasteiger partial charge in [0.1, 0.15) is 0 Å². The number of morpholine rings is 1. The zero-order chi connectivity index (χ0) is 16.9. The zero-order valence-electron chi connectivity index (χ0n) is 14.6. The highest BCUT2D eigenvalue weighted by Crippen LogP contribution is 2.21. The second-order valence-electron chi connectivity index (χ2n) is 6.58. The summed E-state index contributed by atoms with van der Waals surface area (Å²) >= 11 is 0. The van der Waals surface area contributed by atoms with Crippen LogP contribution in [0, 0.1) is 0 Å². The SMILES string of the molecule is CC(CNC(=O)CCc1cn(C)c2ccccc12)N1CCOCC1. The normalized spacial score (nSPS) is 17.1. The molecular formula is C19H27N3O2. The Morgan fingerprint density at radius 1 is 1.29 bits per heavy atom. The van der Waals surface area contributed by atoms with Gasteiger partial charge in [-0.3, -0.25) is 9.69 Å². The van der Waals surface area contributed by atoms with Crippen LogP contribution in [0.15, 0.2) is 30.5 Å². The van der Waals surface area contributed by atoms with Crippen molar-refractivity contribution in [1.82, 2.24) is 14.8 Å². The molecule has 5 heteroatoms. The second-order valence-corrected chi connectivity index (χ2v) is 6.58. The van der Waals surface area contributed by atoms with Gasteiger partial charge in [0.15, 0.2) is 0 Å². The van der Waals surface area contributed by atoms with E-state index in [1.807, 2.05) is 6.07 Å². The quantitative estimate of drug-likeness (QED) is 0.881. The monoisotopic (exact) mass is 329 g/mol. The molecule has 1 amide bonds. The summed E-state index contributed by atoms with van der Waals surface area (Å²) in [6.45, 7) is 6.35. The molecule has 2 aromatic rings. The van der Waals surface area contributed by atoms with Gasteiger partial charge in [0.25, 0.3) is 0 Å². The summed E-state index contributed by atoms with van der Waals surface area (Å²) in [4.78, 5) is 14.6. The lowest BCUT2D eigenvalue weighted by Crippen LogP contribution is -2.47. The molecule has 1 aromatic heterocycles. The highest BCUT2D eigenvalue weighted by Gasteiger charge is 2.17. The van der Waals surface area contributed by atoms with E-state index < -0.39 is 0 Å². The number of para-hydroxylation sites is 1. The molecule has 0 aliphatic carbocycles. The van der Waals surface area contributed by atoms with Crippen LogP contribution in [0.5, 0.6) is 0 Å². The van der Waals surface area contributed by atoms with Crippen molar-refractivity contribution in [2.45, 2.75) is 25.8 Å². The number of hydrogen-bond donors (Lipinski definition) is 1. The van der Waals surface area contributed by atoms with E-state index in [2.05, 4.69) is 53.2 Å². The minimum absolute atomic E-state index is 0.128. The lowest BCUT2D eigenvalue weighted by Gasteiger charge is -2.32. The lowest BCUT2D eigenvalue weighted by atomic mass is 10.1. The van der Waals surface area contributed by atoms with Crippen molar-refractivity contribution in [2.75, 3.05) is 32.8 Å². The second kappa shape index (κ2) is 7.81. The Hall–Kier alpha value is -1.85. The summed E-state index contributed by atoms with van der Waals surface area (Å²) in [5.41, 5.74) is 2.46. The number of aryl methyl sites for hydroxylation is 2. The highest BCUT2D eigenvalue weighted by molar-refractivity contribution is 5.84. The predicted octanol–water partition coefficient (Wildman–Crippen LogP) is 1.95. The highest BCUT2D eigenvalue weighted by atomic mass is 16.5. The molecule has 1 unspecified atom stereocenters. The molecule has 24 heavy (non-hydrogen) atoms. The van der Waals surface area contributed by atoms with Gasteiger partial charge in [0.05, 0.1) is 13.2 Å². The average Bonchev–Trinajstić information content (AvgIpc) is 2.95. The lowest BCUT2D eigenvalue weighted by molar-refractivity contribution is -0.121. The fraction of sp³-hybridized carbons (Fsp3) is 0.526.